The SMILES string of the molecule is Cc1cc(C(=O)CN2C(=O)N[C@@](C)(c3ccco3)C2=O)c(C)n1C(C)C. The van der Waals surface area contributed by atoms with Crippen LogP contribution < -0.4 is 5.32 Å². The minimum atomic E-state index is -1.30. The molecule has 1 atom stereocenters. The Labute approximate surface area is 152 Å². The van der Waals surface area contributed by atoms with Crippen molar-refractivity contribution < 1.29 is 18.8 Å². The first-order valence-electron chi connectivity index (χ1n) is 8.56. The summed E-state index contributed by atoms with van der Waals surface area (Å²) in [6.07, 6.45) is 1.44. The van der Waals surface area contributed by atoms with Crippen molar-refractivity contribution in [2.45, 2.75) is 46.2 Å². The van der Waals surface area contributed by atoms with E-state index in [1.165, 1.54) is 6.26 Å². The lowest BCUT2D eigenvalue weighted by Crippen LogP contribution is -2.41. The molecule has 0 unspecified atom stereocenters. The zero-order valence-corrected chi connectivity index (χ0v) is 15.6. The van der Waals surface area contributed by atoms with E-state index in [2.05, 4.69) is 9.88 Å². The van der Waals surface area contributed by atoms with Gasteiger partial charge in [-0.25, -0.2) is 4.79 Å². The number of carbonyl (C=O) groups is 3. The fraction of sp³-hybridized carbons (Fsp3) is 0.421. The number of imide groups is 1. The zero-order valence-electron chi connectivity index (χ0n) is 15.6. The number of hydrogen-bond acceptors (Lipinski definition) is 4. The number of aryl methyl sites for hydroxylation is 1. The highest BCUT2D eigenvalue weighted by Crippen LogP contribution is 2.29. The molecule has 0 aromatic carbocycles. The summed E-state index contributed by atoms with van der Waals surface area (Å²) in [5.74, 6) is -0.426. The average Bonchev–Trinajstić information content (AvgIpc) is 3.23. The van der Waals surface area contributed by atoms with Crippen LogP contribution in [-0.4, -0.2) is 33.7 Å². The van der Waals surface area contributed by atoms with Gasteiger partial charge in [0, 0.05) is 23.0 Å². The molecule has 3 heterocycles. The number of nitrogens with zero attached hydrogens (tertiary/aromatic N) is 2. The molecule has 1 aliphatic heterocycles. The number of urea groups is 1. The molecule has 1 N–H and O–H groups in total. The molecule has 0 spiro atoms. The summed E-state index contributed by atoms with van der Waals surface area (Å²) in [5, 5.41) is 2.63. The number of amides is 3. The third-order valence-corrected chi connectivity index (χ3v) is 4.89. The van der Waals surface area contributed by atoms with Crippen LogP contribution in [0.25, 0.3) is 0 Å². The lowest BCUT2D eigenvalue weighted by Gasteiger charge is -2.18. The Morgan fingerprint density at radius 1 is 1.31 bits per heavy atom. The molecule has 1 saturated heterocycles. The molecule has 2 aromatic rings. The van der Waals surface area contributed by atoms with Crippen LogP contribution in [0.15, 0.2) is 28.9 Å². The van der Waals surface area contributed by atoms with Crippen LogP contribution in [0.2, 0.25) is 0 Å². The smallest absolute Gasteiger partial charge is 0.325 e. The number of carbonyl (C=O) groups excluding carboxylic acids is 3. The first-order chi connectivity index (χ1) is 12.2. The fourth-order valence-electron chi connectivity index (χ4n) is 3.65. The van der Waals surface area contributed by atoms with Crippen LogP contribution in [0, 0.1) is 13.8 Å². The molecule has 3 rings (SSSR count). The summed E-state index contributed by atoms with van der Waals surface area (Å²) in [6, 6.07) is 4.70. The summed E-state index contributed by atoms with van der Waals surface area (Å²) in [7, 11) is 0. The van der Waals surface area contributed by atoms with Crippen LogP contribution in [0.5, 0.6) is 0 Å². The van der Waals surface area contributed by atoms with E-state index in [9.17, 15) is 14.4 Å². The van der Waals surface area contributed by atoms with Crippen molar-refractivity contribution >= 4 is 17.7 Å². The summed E-state index contributed by atoms with van der Waals surface area (Å²) in [4.78, 5) is 38.9. The van der Waals surface area contributed by atoms with Crippen LogP contribution in [0.4, 0.5) is 4.79 Å². The quantitative estimate of drug-likeness (QED) is 0.659. The molecule has 0 aliphatic carbocycles. The Bertz CT molecular complexity index is 879. The molecule has 0 saturated carbocycles. The van der Waals surface area contributed by atoms with E-state index in [0.29, 0.717) is 11.3 Å². The number of hydrogen-bond donors (Lipinski definition) is 1. The van der Waals surface area contributed by atoms with Gasteiger partial charge in [-0.05, 0) is 52.8 Å². The van der Waals surface area contributed by atoms with Crippen molar-refractivity contribution in [1.29, 1.82) is 0 Å². The van der Waals surface area contributed by atoms with Gasteiger partial charge in [0.15, 0.2) is 11.3 Å². The number of furan rings is 1. The molecule has 7 heteroatoms. The Morgan fingerprint density at radius 3 is 2.54 bits per heavy atom. The largest absolute Gasteiger partial charge is 0.466 e. The minimum absolute atomic E-state index is 0.218. The van der Waals surface area contributed by atoms with Crippen molar-refractivity contribution in [2.24, 2.45) is 0 Å². The fourth-order valence-corrected chi connectivity index (χ4v) is 3.65. The van der Waals surface area contributed by atoms with Crippen molar-refractivity contribution in [3.05, 3.63) is 47.2 Å². The molecule has 26 heavy (non-hydrogen) atoms. The third-order valence-electron chi connectivity index (χ3n) is 4.89. The summed E-state index contributed by atoms with van der Waals surface area (Å²) in [6.45, 7) is 9.16. The highest BCUT2D eigenvalue weighted by molar-refractivity contribution is 6.11. The molecule has 3 amide bonds. The van der Waals surface area contributed by atoms with Crippen LogP contribution in [0.3, 0.4) is 0 Å². The molecule has 7 nitrogen and oxygen atoms in total. The Kier molecular flexibility index (Phi) is 4.26. The average molecular weight is 357 g/mol. The maximum absolute atomic E-state index is 12.8. The van der Waals surface area contributed by atoms with Crippen molar-refractivity contribution in [2.75, 3.05) is 6.54 Å². The highest BCUT2D eigenvalue weighted by Gasteiger charge is 2.51. The number of rotatable bonds is 5. The minimum Gasteiger partial charge on any atom is -0.466 e. The second-order valence-corrected chi connectivity index (χ2v) is 7.10. The molecule has 1 aliphatic rings. The Morgan fingerprint density at radius 2 is 2.00 bits per heavy atom. The van der Waals surface area contributed by atoms with Gasteiger partial charge in [0.25, 0.3) is 5.91 Å². The van der Waals surface area contributed by atoms with E-state index < -0.39 is 17.5 Å². The predicted octanol–water partition coefficient (Wildman–Crippen LogP) is 2.93. The molecule has 0 bridgehead atoms. The van der Waals surface area contributed by atoms with E-state index in [4.69, 9.17) is 4.42 Å². The van der Waals surface area contributed by atoms with Gasteiger partial charge in [0.2, 0.25) is 0 Å². The lowest BCUT2D eigenvalue weighted by molar-refractivity contribution is -0.131. The van der Waals surface area contributed by atoms with Crippen LogP contribution in [-0.2, 0) is 10.3 Å². The third kappa shape index (κ3) is 2.64. The summed E-state index contributed by atoms with van der Waals surface area (Å²) in [5.41, 5.74) is 1.04. The second-order valence-electron chi connectivity index (χ2n) is 7.10. The number of aromatic nitrogens is 1. The van der Waals surface area contributed by atoms with Crippen LogP contribution >= 0.6 is 0 Å². The zero-order chi connectivity index (χ0) is 19.2. The molecular weight excluding hydrogens is 334 g/mol. The highest BCUT2D eigenvalue weighted by atomic mass is 16.3. The maximum atomic E-state index is 12.8. The van der Waals surface area contributed by atoms with Gasteiger partial charge in [-0.15, -0.1) is 0 Å². The summed E-state index contributed by atoms with van der Waals surface area (Å²) < 4.78 is 7.35. The van der Waals surface area contributed by atoms with Gasteiger partial charge < -0.3 is 14.3 Å². The van der Waals surface area contributed by atoms with Gasteiger partial charge in [-0.3, -0.25) is 14.5 Å². The molecule has 0 radical (unpaired) electrons. The first-order valence-corrected chi connectivity index (χ1v) is 8.56. The molecule has 2 aromatic heterocycles. The van der Waals surface area contributed by atoms with Crippen LogP contribution in [0.1, 0.15) is 54.3 Å². The van der Waals surface area contributed by atoms with E-state index in [1.807, 2.05) is 33.8 Å². The van der Waals surface area contributed by atoms with Gasteiger partial charge in [-0.2, -0.15) is 0 Å². The summed E-state index contributed by atoms with van der Waals surface area (Å²) >= 11 is 0. The topological polar surface area (TPSA) is 84.6 Å². The number of Topliss-reactive ketones (excluding diaryl/α,β-unsaturated/α-hetero) is 1. The lowest BCUT2D eigenvalue weighted by atomic mass is 9.99. The van der Waals surface area contributed by atoms with E-state index in [1.54, 1.807) is 19.1 Å². The Balaban J connectivity index is 1.86. The number of nitrogens with one attached hydrogen (secondary N) is 1. The maximum Gasteiger partial charge on any atom is 0.325 e. The van der Waals surface area contributed by atoms with Gasteiger partial charge in [0.05, 0.1) is 12.8 Å². The number of ketones is 1. The molecule has 138 valence electrons. The van der Waals surface area contributed by atoms with Gasteiger partial charge >= 0.3 is 6.03 Å². The van der Waals surface area contributed by atoms with E-state index in [0.717, 1.165) is 16.3 Å². The van der Waals surface area contributed by atoms with Crippen molar-refractivity contribution in [1.82, 2.24) is 14.8 Å². The molecular formula is C19H23N3O4. The first kappa shape index (κ1) is 18.0. The van der Waals surface area contributed by atoms with E-state index in [-0.39, 0.29) is 18.4 Å². The van der Waals surface area contributed by atoms with E-state index >= 15 is 0 Å². The van der Waals surface area contributed by atoms with Gasteiger partial charge in [-0.1, -0.05) is 0 Å². The van der Waals surface area contributed by atoms with Gasteiger partial charge in [0.1, 0.15) is 5.76 Å². The predicted molar refractivity (Wildman–Crippen MR) is 94.9 cm³/mol. The molecule has 1 fully saturated rings. The Hall–Kier alpha value is -2.83. The standard InChI is InChI=1S/C19H23N3O4/c1-11(2)22-12(3)9-14(13(22)4)15(23)10-21-17(24)19(5,20-18(21)25)16-7-6-8-26-16/h6-9,11H,10H2,1-5H3,(H,20,25)/t19-/m0/s1. The van der Waals surface area contributed by atoms with Crippen molar-refractivity contribution in [3.8, 4) is 0 Å². The monoisotopic (exact) mass is 357 g/mol. The second kappa shape index (κ2) is 6.16. The normalized spacial score (nSPS) is 20.2. The van der Waals surface area contributed by atoms with Crippen molar-refractivity contribution in [3.63, 3.8) is 0 Å².